The Morgan fingerprint density at radius 1 is 0.938 bits per heavy atom. The van der Waals surface area contributed by atoms with Gasteiger partial charge in [0.1, 0.15) is 0 Å². The first kappa shape index (κ1) is 24.5. The summed E-state index contributed by atoms with van der Waals surface area (Å²) in [5, 5.41) is 8.40. The summed E-state index contributed by atoms with van der Waals surface area (Å²) in [7, 11) is -9.84. The largest absolute Gasteiger partial charge is 1.00 e. The van der Waals surface area contributed by atoms with Gasteiger partial charge in [-0.15, -0.1) is 0 Å². The van der Waals surface area contributed by atoms with E-state index in [1.165, 1.54) is 0 Å². The Labute approximate surface area is 178 Å². The minimum absolute atomic E-state index is 0. The summed E-state index contributed by atoms with van der Waals surface area (Å²) in [6, 6.07) is 0. The fourth-order valence-corrected chi connectivity index (χ4v) is 2.44. The SMILES string of the molecule is O=P([O-])([O-])CN(CCO)CP(=O)([O-])[O-].[K+].[K+]. The van der Waals surface area contributed by atoms with Gasteiger partial charge in [0.05, 0.1) is 6.61 Å². The molecule has 0 aromatic carbocycles. The molecule has 0 heterocycles. The molecule has 0 amide bonds. The average Bonchev–Trinajstić information content (AvgIpc) is 1.78. The van der Waals surface area contributed by atoms with Crippen LogP contribution in [0.3, 0.4) is 0 Å². The summed E-state index contributed by atoms with van der Waals surface area (Å²) < 4.78 is 20.5. The van der Waals surface area contributed by atoms with Crippen LogP contribution in [-0.4, -0.2) is 35.7 Å². The van der Waals surface area contributed by atoms with Crippen molar-refractivity contribution in [2.45, 2.75) is 0 Å². The molecule has 1 N–H and O–H groups in total. The second-order valence-corrected chi connectivity index (χ2v) is 5.63. The Morgan fingerprint density at radius 3 is 1.44 bits per heavy atom. The van der Waals surface area contributed by atoms with E-state index >= 15 is 0 Å². The fourth-order valence-electron chi connectivity index (χ4n) is 0.817. The quantitative estimate of drug-likeness (QED) is 0.374. The van der Waals surface area contributed by atoms with Crippen molar-refractivity contribution in [3.8, 4) is 0 Å². The van der Waals surface area contributed by atoms with Crippen molar-refractivity contribution in [3.63, 3.8) is 0 Å². The van der Waals surface area contributed by atoms with Crippen LogP contribution in [0.2, 0.25) is 0 Å². The molecule has 0 aliphatic rings. The van der Waals surface area contributed by atoms with Crippen LogP contribution in [0.25, 0.3) is 0 Å². The molecule has 16 heavy (non-hydrogen) atoms. The maximum Gasteiger partial charge on any atom is 1.00 e. The predicted molar refractivity (Wildman–Crippen MR) is 38.7 cm³/mol. The summed E-state index contributed by atoms with van der Waals surface area (Å²) >= 11 is 0. The average molecular weight is 323 g/mol. The maximum absolute atomic E-state index is 10.3. The number of rotatable bonds is 6. The Bertz CT molecular complexity index is 241. The van der Waals surface area contributed by atoms with Crippen molar-refractivity contribution in [1.82, 2.24) is 4.90 Å². The molecule has 12 heteroatoms. The summed E-state index contributed by atoms with van der Waals surface area (Å²) in [4.78, 5) is 41.6. The molecule has 0 aromatic rings. The van der Waals surface area contributed by atoms with E-state index in [-0.39, 0.29) is 109 Å². The van der Waals surface area contributed by atoms with Gasteiger partial charge in [0.15, 0.2) is 0 Å². The van der Waals surface area contributed by atoms with E-state index in [9.17, 15) is 28.7 Å². The molecule has 0 radical (unpaired) electrons. The molecule has 0 saturated carbocycles. The molecule has 0 aromatic heterocycles. The molecule has 0 unspecified atom stereocenters. The van der Waals surface area contributed by atoms with Crippen molar-refractivity contribution in [2.75, 3.05) is 25.7 Å². The predicted octanol–water partition coefficient (Wildman–Crippen LogP) is -9.97. The third kappa shape index (κ3) is 17.5. The van der Waals surface area contributed by atoms with E-state index in [1.54, 1.807) is 0 Å². The van der Waals surface area contributed by atoms with E-state index < -0.39 is 34.4 Å². The van der Waals surface area contributed by atoms with Gasteiger partial charge in [0, 0.05) is 19.1 Å². The monoisotopic (exact) mass is 323 g/mol. The van der Waals surface area contributed by atoms with Crippen LogP contribution in [0.15, 0.2) is 0 Å². The molecule has 0 atom stereocenters. The third-order valence-corrected chi connectivity index (χ3v) is 2.66. The van der Waals surface area contributed by atoms with Crippen LogP contribution in [0, 0.1) is 0 Å². The van der Waals surface area contributed by atoms with Gasteiger partial charge in [0.25, 0.3) is 0 Å². The van der Waals surface area contributed by atoms with Crippen molar-refractivity contribution < 1.29 is 137 Å². The second-order valence-electron chi connectivity index (χ2n) is 2.62. The molecule has 0 saturated heterocycles. The van der Waals surface area contributed by atoms with Gasteiger partial charge in [0.2, 0.25) is 0 Å². The van der Waals surface area contributed by atoms with Crippen LogP contribution in [-0.2, 0) is 9.13 Å². The zero-order chi connectivity index (χ0) is 11.4. The van der Waals surface area contributed by atoms with Gasteiger partial charge in [-0.3, -0.25) is 4.90 Å². The van der Waals surface area contributed by atoms with E-state index in [1.807, 2.05) is 0 Å². The smallest absolute Gasteiger partial charge is 0.810 e. The summed E-state index contributed by atoms with van der Waals surface area (Å²) in [6.45, 7) is -0.900. The normalized spacial score (nSPS) is 11.9. The molecular formula is C4H9K2NO7P2-2. The second kappa shape index (κ2) is 11.2. The number of aliphatic hydroxyl groups is 1. The van der Waals surface area contributed by atoms with Crippen LogP contribution in [0.4, 0.5) is 0 Å². The molecule has 86 valence electrons. The number of hydrogen-bond acceptors (Lipinski definition) is 8. The van der Waals surface area contributed by atoms with Crippen molar-refractivity contribution in [3.05, 3.63) is 0 Å². The molecule has 0 aliphatic carbocycles. The molecule has 0 bridgehead atoms. The number of aliphatic hydroxyl groups excluding tert-OH is 1. The summed E-state index contributed by atoms with van der Waals surface area (Å²) in [5.41, 5.74) is 0. The Hall–Kier alpha value is 3.49. The maximum atomic E-state index is 10.3. The van der Waals surface area contributed by atoms with E-state index in [4.69, 9.17) is 5.11 Å². The molecule has 0 rings (SSSR count). The molecule has 0 spiro atoms. The van der Waals surface area contributed by atoms with E-state index in [2.05, 4.69) is 0 Å². The van der Waals surface area contributed by atoms with Gasteiger partial charge in [-0.1, -0.05) is 15.2 Å². The zero-order valence-corrected chi connectivity index (χ0v) is 17.1. The van der Waals surface area contributed by atoms with Crippen LogP contribution < -0.4 is 122 Å². The van der Waals surface area contributed by atoms with Crippen LogP contribution >= 0.6 is 15.2 Å². The minimum Gasteiger partial charge on any atom is -0.810 e. The molecule has 0 fully saturated rings. The van der Waals surface area contributed by atoms with Crippen molar-refractivity contribution in [2.24, 2.45) is 0 Å². The number of nitrogens with zero attached hydrogens (tertiary/aromatic N) is 1. The molecule has 8 nitrogen and oxygen atoms in total. The Balaban J connectivity index is -0.000000845. The van der Waals surface area contributed by atoms with Crippen LogP contribution in [0.1, 0.15) is 0 Å². The van der Waals surface area contributed by atoms with Gasteiger partial charge >= 0.3 is 103 Å². The Kier molecular flexibility index (Phi) is 17.1. The van der Waals surface area contributed by atoms with Gasteiger partial charge in [-0.2, -0.15) is 0 Å². The topological polar surface area (TPSA) is 150 Å². The zero-order valence-electron chi connectivity index (χ0n) is 9.07. The molecule has 0 aliphatic heterocycles. The van der Waals surface area contributed by atoms with Gasteiger partial charge in [-0.25, -0.2) is 0 Å². The minimum atomic E-state index is -4.92. The van der Waals surface area contributed by atoms with Gasteiger partial charge in [-0.05, 0) is 0 Å². The standard InChI is InChI=1S/C4H13NO7P2.2K/c6-2-1-5(3-13(7,8)9)4-14(10,11)12;;/h6H,1-4H2,(H2,7,8,9)(H2,10,11,12);;/q;2*+1/p-4. The first-order valence-electron chi connectivity index (χ1n) is 3.49. The van der Waals surface area contributed by atoms with Crippen molar-refractivity contribution >= 4 is 15.2 Å². The van der Waals surface area contributed by atoms with Crippen molar-refractivity contribution in [1.29, 1.82) is 0 Å². The van der Waals surface area contributed by atoms with Gasteiger partial charge < -0.3 is 33.8 Å². The van der Waals surface area contributed by atoms with E-state index in [0.29, 0.717) is 4.90 Å². The third-order valence-electron chi connectivity index (χ3n) is 1.16. The first-order valence-corrected chi connectivity index (χ1v) is 6.95. The Morgan fingerprint density at radius 2 is 1.25 bits per heavy atom. The molecular weight excluding hydrogens is 314 g/mol. The number of hydrogen-bond donors (Lipinski definition) is 1. The van der Waals surface area contributed by atoms with Crippen LogP contribution in [0.5, 0.6) is 0 Å². The summed E-state index contributed by atoms with van der Waals surface area (Å²) in [5.74, 6) is 0. The summed E-state index contributed by atoms with van der Waals surface area (Å²) in [6.07, 6.45) is -2.16. The fraction of sp³-hybridized carbons (Fsp3) is 1.00. The first-order chi connectivity index (χ1) is 6.14. The van der Waals surface area contributed by atoms with E-state index in [0.717, 1.165) is 0 Å².